The van der Waals surface area contributed by atoms with Gasteiger partial charge in [-0.05, 0) is 84.0 Å². The molecule has 3 aromatic rings. The number of hydrogen-bond acceptors (Lipinski definition) is 4. The van der Waals surface area contributed by atoms with Crippen LogP contribution in [-0.2, 0) is 40.8 Å². The molecular weight excluding hydrogens is 594 g/mol. The van der Waals surface area contributed by atoms with E-state index in [4.69, 9.17) is 4.74 Å². The SMILES string of the molecule is Cc1c(Cc2ccc(I)cc2F)c(NS(=O)(=O)C2CC(OCc3ccccc3)C2)c2n(c1=O)CCC2. The summed E-state index contributed by atoms with van der Waals surface area (Å²) in [6.45, 7) is 2.70. The zero-order valence-electron chi connectivity index (χ0n) is 20.0. The van der Waals surface area contributed by atoms with Gasteiger partial charge in [-0.1, -0.05) is 36.4 Å². The molecule has 0 amide bonds. The Bertz CT molecular complexity index is 1450. The van der Waals surface area contributed by atoms with Gasteiger partial charge in [0.15, 0.2) is 0 Å². The summed E-state index contributed by atoms with van der Waals surface area (Å²) >= 11 is 2.05. The first-order chi connectivity index (χ1) is 17.2. The monoisotopic (exact) mass is 622 g/mol. The molecule has 1 fully saturated rings. The van der Waals surface area contributed by atoms with E-state index in [0.29, 0.717) is 60.5 Å². The summed E-state index contributed by atoms with van der Waals surface area (Å²) in [5.41, 5.74) is 3.48. The molecule has 1 aromatic heterocycles. The van der Waals surface area contributed by atoms with Crippen LogP contribution in [0.3, 0.4) is 0 Å². The van der Waals surface area contributed by atoms with Gasteiger partial charge in [-0.3, -0.25) is 9.52 Å². The van der Waals surface area contributed by atoms with E-state index in [0.717, 1.165) is 15.6 Å². The molecule has 0 saturated heterocycles. The summed E-state index contributed by atoms with van der Waals surface area (Å²) in [4.78, 5) is 13.0. The quantitative estimate of drug-likeness (QED) is 0.362. The number of fused-ring (bicyclic) bond motifs is 1. The number of rotatable bonds is 8. The highest BCUT2D eigenvalue weighted by Gasteiger charge is 2.40. The highest BCUT2D eigenvalue weighted by Crippen LogP contribution is 2.35. The van der Waals surface area contributed by atoms with Crippen LogP contribution in [-0.4, -0.2) is 24.3 Å². The number of sulfonamides is 1. The van der Waals surface area contributed by atoms with Crippen LogP contribution in [0, 0.1) is 16.3 Å². The number of benzene rings is 2. The third-order valence-corrected chi connectivity index (χ3v) is 9.60. The number of anilines is 1. The Labute approximate surface area is 224 Å². The lowest BCUT2D eigenvalue weighted by Gasteiger charge is -2.35. The molecule has 2 aliphatic rings. The molecule has 1 N–H and O–H groups in total. The molecule has 6 nitrogen and oxygen atoms in total. The first-order valence-corrected chi connectivity index (χ1v) is 14.7. The molecular formula is C27H28FIN2O4S. The molecule has 0 atom stereocenters. The Hall–Kier alpha value is -2.24. The lowest BCUT2D eigenvalue weighted by molar-refractivity contribution is -0.00642. The van der Waals surface area contributed by atoms with Crippen LogP contribution in [0.4, 0.5) is 10.1 Å². The van der Waals surface area contributed by atoms with E-state index >= 15 is 0 Å². The molecule has 36 heavy (non-hydrogen) atoms. The van der Waals surface area contributed by atoms with Crippen molar-refractivity contribution in [2.75, 3.05) is 4.72 Å². The number of pyridine rings is 1. The average molecular weight is 622 g/mol. The zero-order chi connectivity index (χ0) is 25.4. The van der Waals surface area contributed by atoms with Gasteiger partial charge in [0.1, 0.15) is 5.82 Å². The highest BCUT2D eigenvalue weighted by atomic mass is 127. The normalized spacial score (nSPS) is 19.1. The van der Waals surface area contributed by atoms with Gasteiger partial charge in [0.05, 0.1) is 23.6 Å². The third-order valence-electron chi connectivity index (χ3n) is 7.18. The Balaban J connectivity index is 1.38. The van der Waals surface area contributed by atoms with Gasteiger partial charge in [-0.2, -0.15) is 0 Å². The number of nitrogens with zero attached hydrogens (tertiary/aromatic N) is 1. The standard InChI is InChI=1S/C27H28FIN2O4S/c1-17-23(12-19-9-10-20(29)13-24(19)28)26(25-8-5-11-31(25)27(17)32)30-36(33,34)22-14-21(15-22)35-16-18-6-3-2-4-7-18/h2-4,6-7,9-10,13,21-22,30H,5,8,11-12,14-16H2,1H3. The minimum Gasteiger partial charge on any atom is -0.373 e. The van der Waals surface area contributed by atoms with E-state index in [1.54, 1.807) is 17.6 Å². The summed E-state index contributed by atoms with van der Waals surface area (Å²) < 4.78 is 52.6. The summed E-state index contributed by atoms with van der Waals surface area (Å²) in [7, 11) is -3.72. The van der Waals surface area contributed by atoms with Gasteiger partial charge in [0.25, 0.3) is 5.56 Å². The van der Waals surface area contributed by atoms with Crippen LogP contribution in [0.1, 0.15) is 47.2 Å². The van der Waals surface area contributed by atoms with Crippen molar-refractivity contribution < 1.29 is 17.5 Å². The number of hydrogen-bond donors (Lipinski definition) is 1. The largest absolute Gasteiger partial charge is 0.373 e. The fourth-order valence-electron chi connectivity index (χ4n) is 4.97. The second kappa shape index (κ2) is 10.3. The molecule has 0 radical (unpaired) electrons. The molecule has 1 aliphatic heterocycles. The van der Waals surface area contributed by atoms with Gasteiger partial charge in [-0.15, -0.1) is 0 Å². The molecule has 0 unspecified atom stereocenters. The maximum atomic E-state index is 14.7. The lowest BCUT2D eigenvalue weighted by atomic mass is 9.95. The topological polar surface area (TPSA) is 77.4 Å². The first kappa shape index (κ1) is 25.4. The Kier molecular flexibility index (Phi) is 7.24. The highest BCUT2D eigenvalue weighted by molar-refractivity contribution is 14.1. The molecule has 1 aliphatic carbocycles. The fourth-order valence-corrected chi connectivity index (χ4v) is 7.05. The van der Waals surface area contributed by atoms with Gasteiger partial charge < -0.3 is 9.30 Å². The molecule has 1 saturated carbocycles. The summed E-state index contributed by atoms with van der Waals surface area (Å²) in [5.74, 6) is -0.367. The smallest absolute Gasteiger partial charge is 0.254 e. The van der Waals surface area contributed by atoms with E-state index < -0.39 is 15.3 Å². The van der Waals surface area contributed by atoms with E-state index in [1.807, 2.05) is 59.0 Å². The van der Waals surface area contributed by atoms with Gasteiger partial charge in [0.2, 0.25) is 10.0 Å². The maximum absolute atomic E-state index is 14.7. The van der Waals surface area contributed by atoms with Crippen molar-refractivity contribution >= 4 is 38.3 Å². The maximum Gasteiger partial charge on any atom is 0.254 e. The molecule has 0 bridgehead atoms. The summed E-state index contributed by atoms with van der Waals surface area (Å²) in [6.07, 6.45) is 2.22. The molecule has 2 aromatic carbocycles. The van der Waals surface area contributed by atoms with Gasteiger partial charge >= 0.3 is 0 Å². The molecule has 0 spiro atoms. The van der Waals surface area contributed by atoms with Crippen molar-refractivity contribution in [3.8, 4) is 0 Å². The van der Waals surface area contributed by atoms with Crippen molar-refractivity contribution in [1.29, 1.82) is 0 Å². The van der Waals surface area contributed by atoms with Crippen LogP contribution in [0.25, 0.3) is 0 Å². The van der Waals surface area contributed by atoms with Crippen molar-refractivity contribution in [2.45, 2.75) is 63.5 Å². The lowest BCUT2D eigenvalue weighted by Crippen LogP contribution is -2.44. The zero-order valence-corrected chi connectivity index (χ0v) is 22.9. The van der Waals surface area contributed by atoms with Crippen LogP contribution in [0.5, 0.6) is 0 Å². The predicted molar refractivity (Wildman–Crippen MR) is 146 cm³/mol. The van der Waals surface area contributed by atoms with Crippen LogP contribution in [0.2, 0.25) is 0 Å². The predicted octanol–water partition coefficient (Wildman–Crippen LogP) is 4.93. The third kappa shape index (κ3) is 5.10. The second-order valence-electron chi connectivity index (χ2n) is 9.56. The van der Waals surface area contributed by atoms with Crippen molar-refractivity contribution in [3.05, 3.63) is 96.2 Å². The molecule has 5 rings (SSSR count). The minimum absolute atomic E-state index is 0.113. The van der Waals surface area contributed by atoms with Crippen molar-refractivity contribution in [2.24, 2.45) is 0 Å². The second-order valence-corrected chi connectivity index (χ2v) is 12.8. The number of ether oxygens (including phenoxy) is 1. The van der Waals surface area contributed by atoms with Crippen LogP contribution >= 0.6 is 22.6 Å². The summed E-state index contributed by atoms with van der Waals surface area (Å²) in [5, 5.41) is -0.574. The minimum atomic E-state index is -3.72. The van der Waals surface area contributed by atoms with E-state index in [1.165, 1.54) is 6.07 Å². The first-order valence-electron chi connectivity index (χ1n) is 12.1. The molecule has 2 heterocycles. The Morgan fingerprint density at radius 3 is 2.64 bits per heavy atom. The summed E-state index contributed by atoms with van der Waals surface area (Å²) in [6, 6.07) is 14.7. The van der Waals surface area contributed by atoms with Crippen LogP contribution in [0.15, 0.2) is 53.3 Å². The van der Waals surface area contributed by atoms with Gasteiger partial charge in [-0.25, -0.2) is 12.8 Å². The van der Waals surface area contributed by atoms with Crippen molar-refractivity contribution in [1.82, 2.24) is 4.57 Å². The average Bonchev–Trinajstić information content (AvgIpc) is 3.31. The fraction of sp³-hybridized carbons (Fsp3) is 0.370. The Morgan fingerprint density at radius 1 is 1.17 bits per heavy atom. The van der Waals surface area contributed by atoms with Crippen LogP contribution < -0.4 is 10.3 Å². The molecule has 190 valence electrons. The molecule has 9 heteroatoms. The number of nitrogens with one attached hydrogen (secondary N) is 1. The van der Waals surface area contributed by atoms with E-state index in [9.17, 15) is 17.6 Å². The van der Waals surface area contributed by atoms with E-state index in [2.05, 4.69) is 4.72 Å². The van der Waals surface area contributed by atoms with Crippen molar-refractivity contribution in [3.63, 3.8) is 0 Å². The number of aromatic nitrogens is 1. The van der Waals surface area contributed by atoms with E-state index in [-0.39, 0.29) is 23.9 Å². The van der Waals surface area contributed by atoms with Gasteiger partial charge in [0, 0.05) is 27.8 Å². The Morgan fingerprint density at radius 2 is 1.92 bits per heavy atom. The number of halogens is 2.